The Hall–Kier alpha value is -2.23. The summed E-state index contributed by atoms with van der Waals surface area (Å²) in [5, 5.41) is 2.65. The molecule has 0 unspecified atom stereocenters. The largest absolute Gasteiger partial charge is 0.307 e. The van der Waals surface area contributed by atoms with Gasteiger partial charge < -0.3 is 5.32 Å². The smallest absolute Gasteiger partial charge is 0.257 e. The first-order chi connectivity index (χ1) is 8.56. The van der Waals surface area contributed by atoms with Crippen LogP contribution in [0.3, 0.4) is 0 Å². The van der Waals surface area contributed by atoms with Gasteiger partial charge in [-0.05, 0) is 43.7 Å². The molecule has 2 rings (SSSR count). The minimum Gasteiger partial charge on any atom is -0.307 e. The van der Waals surface area contributed by atoms with Crippen molar-refractivity contribution in [2.45, 2.75) is 13.8 Å². The number of hydrogen-bond donors (Lipinski definition) is 1. The number of aromatic nitrogens is 1. The standard InChI is InChI=1S/C14H13FN2O/c1-9-6-7-11(15)8-12(9)14(18)17-13-5-3-4-10(2)16-13/h3-8H,1-2H3,(H,16,17,18). The number of rotatable bonds is 2. The zero-order valence-corrected chi connectivity index (χ0v) is 10.2. The molecule has 0 saturated heterocycles. The summed E-state index contributed by atoms with van der Waals surface area (Å²) >= 11 is 0. The van der Waals surface area contributed by atoms with Crippen molar-refractivity contribution in [2.75, 3.05) is 5.32 Å². The van der Waals surface area contributed by atoms with Gasteiger partial charge in [0.1, 0.15) is 11.6 Å². The zero-order chi connectivity index (χ0) is 13.1. The van der Waals surface area contributed by atoms with Gasteiger partial charge >= 0.3 is 0 Å². The molecule has 1 N–H and O–H groups in total. The fourth-order valence-corrected chi connectivity index (χ4v) is 1.64. The van der Waals surface area contributed by atoms with Gasteiger partial charge in [-0.3, -0.25) is 4.79 Å². The van der Waals surface area contributed by atoms with Crippen molar-refractivity contribution in [3.8, 4) is 0 Å². The van der Waals surface area contributed by atoms with Gasteiger partial charge in [-0.25, -0.2) is 9.37 Å². The summed E-state index contributed by atoms with van der Waals surface area (Å²) in [4.78, 5) is 16.1. The van der Waals surface area contributed by atoms with E-state index in [4.69, 9.17) is 0 Å². The van der Waals surface area contributed by atoms with E-state index in [1.807, 2.05) is 13.0 Å². The molecule has 0 spiro atoms. The average molecular weight is 244 g/mol. The Morgan fingerprint density at radius 1 is 1.22 bits per heavy atom. The molecule has 1 amide bonds. The van der Waals surface area contributed by atoms with E-state index < -0.39 is 5.82 Å². The van der Waals surface area contributed by atoms with Gasteiger partial charge in [0.05, 0.1) is 0 Å². The molecule has 3 nitrogen and oxygen atoms in total. The molecule has 92 valence electrons. The van der Waals surface area contributed by atoms with Crippen molar-refractivity contribution in [3.05, 3.63) is 59.0 Å². The fourth-order valence-electron chi connectivity index (χ4n) is 1.64. The van der Waals surface area contributed by atoms with Gasteiger partial charge in [-0.1, -0.05) is 12.1 Å². The maximum atomic E-state index is 13.1. The molecule has 1 aromatic heterocycles. The number of amides is 1. The lowest BCUT2D eigenvalue weighted by atomic mass is 10.1. The summed E-state index contributed by atoms with van der Waals surface area (Å²) in [7, 11) is 0. The SMILES string of the molecule is Cc1cccc(NC(=O)c2cc(F)ccc2C)n1. The second-order valence-corrected chi connectivity index (χ2v) is 4.08. The lowest BCUT2D eigenvalue weighted by molar-refractivity contribution is 0.102. The highest BCUT2D eigenvalue weighted by atomic mass is 19.1. The maximum Gasteiger partial charge on any atom is 0.257 e. The van der Waals surface area contributed by atoms with Gasteiger partial charge in [0.2, 0.25) is 0 Å². The number of nitrogens with zero attached hydrogens (tertiary/aromatic N) is 1. The Balaban J connectivity index is 2.24. The summed E-state index contributed by atoms with van der Waals surface area (Å²) in [6.45, 7) is 3.60. The molecular weight excluding hydrogens is 231 g/mol. The highest BCUT2D eigenvalue weighted by Crippen LogP contribution is 2.13. The summed E-state index contributed by atoms with van der Waals surface area (Å²) in [5.41, 5.74) is 1.85. The van der Waals surface area contributed by atoms with E-state index in [1.165, 1.54) is 12.1 Å². The molecule has 2 aromatic rings. The number of anilines is 1. The van der Waals surface area contributed by atoms with Crippen molar-refractivity contribution in [1.82, 2.24) is 4.98 Å². The van der Waals surface area contributed by atoms with E-state index in [9.17, 15) is 9.18 Å². The number of hydrogen-bond acceptors (Lipinski definition) is 2. The lowest BCUT2D eigenvalue weighted by Crippen LogP contribution is -2.14. The summed E-state index contributed by atoms with van der Waals surface area (Å²) in [5.74, 6) is -0.322. The number of pyridine rings is 1. The summed E-state index contributed by atoms with van der Waals surface area (Å²) in [6, 6.07) is 9.46. The highest BCUT2D eigenvalue weighted by molar-refractivity contribution is 6.04. The molecule has 4 heteroatoms. The van der Waals surface area contributed by atoms with Crippen molar-refractivity contribution in [1.29, 1.82) is 0 Å². The van der Waals surface area contributed by atoms with Crippen LogP contribution in [0, 0.1) is 19.7 Å². The van der Waals surface area contributed by atoms with Crippen molar-refractivity contribution in [2.24, 2.45) is 0 Å². The van der Waals surface area contributed by atoms with Gasteiger partial charge in [0.25, 0.3) is 5.91 Å². The molecule has 0 atom stereocenters. The zero-order valence-electron chi connectivity index (χ0n) is 10.2. The minimum absolute atomic E-state index is 0.318. The third-order valence-electron chi connectivity index (χ3n) is 2.57. The second kappa shape index (κ2) is 4.96. The minimum atomic E-state index is -0.428. The topological polar surface area (TPSA) is 42.0 Å². The predicted molar refractivity (Wildman–Crippen MR) is 68.1 cm³/mol. The predicted octanol–water partition coefficient (Wildman–Crippen LogP) is 3.09. The normalized spacial score (nSPS) is 10.2. The van der Waals surface area contributed by atoms with Crippen LogP contribution in [-0.4, -0.2) is 10.9 Å². The Morgan fingerprint density at radius 3 is 2.72 bits per heavy atom. The van der Waals surface area contributed by atoms with E-state index in [2.05, 4.69) is 10.3 Å². The third kappa shape index (κ3) is 2.71. The van der Waals surface area contributed by atoms with Crippen LogP contribution in [0.15, 0.2) is 36.4 Å². The first-order valence-corrected chi connectivity index (χ1v) is 5.57. The summed E-state index contributed by atoms with van der Waals surface area (Å²) < 4.78 is 13.1. The molecule has 1 aromatic carbocycles. The van der Waals surface area contributed by atoms with E-state index in [1.54, 1.807) is 25.1 Å². The molecule has 0 radical (unpaired) electrons. The fraction of sp³-hybridized carbons (Fsp3) is 0.143. The van der Waals surface area contributed by atoms with Gasteiger partial charge in [-0.2, -0.15) is 0 Å². The molecule has 0 aliphatic carbocycles. The van der Waals surface area contributed by atoms with Crippen LogP contribution in [0.25, 0.3) is 0 Å². The Labute approximate surface area is 105 Å². The summed E-state index contributed by atoms with van der Waals surface area (Å²) in [6.07, 6.45) is 0. The van der Waals surface area contributed by atoms with E-state index in [0.29, 0.717) is 11.4 Å². The van der Waals surface area contributed by atoms with Crippen molar-refractivity contribution < 1.29 is 9.18 Å². The van der Waals surface area contributed by atoms with Crippen LogP contribution in [0.4, 0.5) is 10.2 Å². The number of halogens is 1. The van der Waals surface area contributed by atoms with E-state index >= 15 is 0 Å². The first-order valence-electron chi connectivity index (χ1n) is 5.57. The Morgan fingerprint density at radius 2 is 2.00 bits per heavy atom. The van der Waals surface area contributed by atoms with Gasteiger partial charge in [0.15, 0.2) is 0 Å². The number of carbonyl (C=O) groups excluding carboxylic acids is 1. The van der Waals surface area contributed by atoms with Crippen molar-refractivity contribution >= 4 is 11.7 Å². The van der Waals surface area contributed by atoms with Crippen LogP contribution in [0.1, 0.15) is 21.6 Å². The highest BCUT2D eigenvalue weighted by Gasteiger charge is 2.10. The molecular formula is C14H13FN2O. The van der Waals surface area contributed by atoms with Crippen LogP contribution in [0.2, 0.25) is 0 Å². The lowest BCUT2D eigenvalue weighted by Gasteiger charge is -2.07. The second-order valence-electron chi connectivity index (χ2n) is 4.08. The van der Waals surface area contributed by atoms with Crippen LogP contribution < -0.4 is 5.32 Å². The maximum absolute atomic E-state index is 13.1. The molecule has 0 bridgehead atoms. The van der Waals surface area contributed by atoms with Crippen molar-refractivity contribution in [3.63, 3.8) is 0 Å². The monoisotopic (exact) mass is 244 g/mol. The third-order valence-corrected chi connectivity index (χ3v) is 2.57. The molecule has 0 fully saturated rings. The average Bonchev–Trinajstić information content (AvgIpc) is 2.32. The number of nitrogens with one attached hydrogen (secondary N) is 1. The van der Waals surface area contributed by atoms with Crippen LogP contribution >= 0.6 is 0 Å². The molecule has 0 aliphatic rings. The molecule has 0 saturated carbocycles. The number of aryl methyl sites for hydroxylation is 2. The van der Waals surface area contributed by atoms with E-state index in [0.717, 1.165) is 11.3 Å². The van der Waals surface area contributed by atoms with Crippen LogP contribution in [-0.2, 0) is 0 Å². The molecule has 0 aliphatic heterocycles. The number of carbonyl (C=O) groups is 1. The number of benzene rings is 1. The first kappa shape index (κ1) is 12.2. The molecule has 1 heterocycles. The quantitative estimate of drug-likeness (QED) is 0.882. The Kier molecular flexibility index (Phi) is 3.37. The van der Waals surface area contributed by atoms with E-state index in [-0.39, 0.29) is 5.91 Å². The van der Waals surface area contributed by atoms with Gasteiger partial charge in [-0.15, -0.1) is 0 Å². The molecule has 18 heavy (non-hydrogen) atoms. The Bertz CT molecular complexity index is 596. The van der Waals surface area contributed by atoms with Crippen LogP contribution in [0.5, 0.6) is 0 Å². The van der Waals surface area contributed by atoms with Gasteiger partial charge in [0, 0.05) is 11.3 Å².